The molecule has 0 spiro atoms. The van der Waals surface area contributed by atoms with E-state index in [-0.39, 0.29) is 16.2 Å². The summed E-state index contributed by atoms with van der Waals surface area (Å²) in [4.78, 5) is 11.1. The van der Waals surface area contributed by atoms with Gasteiger partial charge in [-0.3, -0.25) is 9.52 Å². The van der Waals surface area contributed by atoms with Gasteiger partial charge in [-0.25, -0.2) is 13.5 Å². The normalized spacial score (nSPS) is 11.2. The number of hydrogen-bond donors (Lipinski definition) is 2. The number of hydrogen-bond acceptors (Lipinski definition) is 5. The van der Waals surface area contributed by atoms with E-state index in [1.165, 1.54) is 25.3 Å². The third-order valence-corrected chi connectivity index (χ3v) is 5.13. The van der Waals surface area contributed by atoms with E-state index in [1.807, 2.05) is 19.1 Å². The Bertz CT molecular complexity index is 1070. The van der Waals surface area contributed by atoms with Gasteiger partial charge in [-0.2, -0.15) is 5.10 Å². The van der Waals surface area contributed by atoms with Gasteiger partial charge in [-0.05, 0) is 43.3 Å². The van der Waals surface area contributed by atoms with Crippen molar-refractivity contribution in [3.05, 3.63) is 70.5 Å². The maximum atomic E-state index is 12.8. The molecule has 0 amide bonds. The predicted molar refractivity (Wildman–Crippen MR) is 98.8 cm³/mol. The Kier molecular flexibility index (Phi) is 4.77. The number of methoxy groups -OCH3 is 1. The average molecular weight is 371 g/mol. The molecule has 3 aromatic rings. The van der Waals surface area contributed by atoms with E-state index in [9.17, 15) is 13.2 Å². The summed E-state index contributed by atoms with van der Waals surface area (Å²) in [5.41, 5.74) is 2.11. The summed E-state index contributed by atoms with van der Waals surface area (Å²) >= 11 is 0. The fourth-order valence-corrected chi connectivity index (χ4v) is 3.64. The smallest absolute Gasteiger partial charge is 0.265 e. The summed E-state index contributed by atoms with van der Waals surface area (Å²) in [5.74, 6) is 0.206. The number of H-pyrrole nitrogens is 1. The minimum atomic E-state index is -3.88. The first kappa shape index (κ1) is 17.7. The number of aromatic nitrogens is 2. The number of sulfonamides is 1. The highest BCUT2D eigenvalue weighted by Gasteiger charge is 2.21. The molecule has 0 fully saturated rings. The van der Waals surface area contributed by atoms with E-state index in [4.69, 9.17) is 4.74 Å². The summed E-state index contributed by atoms with van der Waals surface area (Å²) in [6, 6.07) is 14.5. The van der Waals surface area contributed by atoms with E-state index in [0.29, 0.717) is 16.9 Å². The van der Waals surface area contributed by atoms with Gasteiger partial charge < -0.3 is 4.74 Å². The highest BCUT2D eigenvalue weighted by molar-refractivity contribution is 7.92. The van der Waals surface area contributed by atoms with E-state index in [1.54, 1.807) is 24.3 Å². The number of rotatable bonds is 5. The predicted octanol–water partition coefficient (Wildman–Crippen LogP) is 2.55. The first-order chi connectivity index (χ1) is 12.4. The number of ether oxygens (including phenoxy) is 1. The SMILES string of the molecule is COc1ccc(-c2ccc(=O)[nH]n2)cc1S(=O)(=O)Nc1ccc(C)cc1. The van der Waals surface area contributed by atoms with Crippen LogP contribution in [0, 0.1) is 6.92 Å². The first-order valence-corrected chi connectivity index (χ1v) is 9.21. The van der Waals surface area contributed by atoms with Gasteiger partial charge in [0.2, 0.25) is 0 Å². The van der Waals surface area contributed by atoms with Gasteiger partial charge in [0.25, 0.3) is 15.6 Å². The number of anilines is 1. The Morgan fingerprint density at radius 2 is 1.77 bits per heavy atom. The largest absolute Gasteiger partial charge is 0.495 e. The van der Waals surface area contributed by atoms with Crippen molar-refractivity contribution in [1.82, 2.24) is 10.2 Å². The van der Waals surface area contributed by atoms with E-state index < -0.39 is 10.0 Å². The maximum Gasteiger partial charge on any atom is 0.265 e. The van der Waals surface area contributed by atoms with Crippen LogP contribution < -0.4 is 15.0 Å². The van der Waals surface area contributed by atoms with Crippen molar-refractivity contribution in [3.63, 3.8) is 0 Å². The summed E-state index contributed by atoms with van der Waals surface area (Å²) in [6.45, 7) is 1.92. The third-order valence-electron chi connectivity index (χ3n) is 3.73. The van der Waals surface area contributed by atoms with Crippen LogP contribution in [-0.2, 0) is 10.0 Å². The second kappa shape index (κ2) is 7.01. The zero-order chi connectivity index (χ0) is 18.7. The Balaban J connectivity index is 2.03. The van der Waals surface area contributed by atoms with Crippen LogP contribution in [0.5, 0.6) is 5.75 Å². The van der Waals surface area contributed by atoms with Crippen molar-refractivity contribution in [3.8, 4) is 17.0 Å². The van der Waals surface area contributed by atoms with Crippen LogP contribution in [0.1, 0.15) is 5.56 Å². The second-order valence-electron chi connectivity index (χ2n) is 5.64. The van der Waals surface area contributed by atoms with Crippen molar-refractivity contribution in [1.29, 1.82) is 0 Å². The molecule has 0 aliphatic heterocycles. The van der Waals surface area contributed by atoms with Crippen molar-refractivity contribution < 1.29 is 13.2 Å². The number of nitrogens with zero attached hydrogens (tertiary/aromatic N) is 1. The summed E-state index contributed by atoms with van der Waals surface area (Å²) < 4.78 is 33.4. The lowest BCUT2D eigenvalue weighted by atomic mass is 10.1. The molecule has 0 aliphatic rings. The zero-order valence-electron chi connectivity index (χ0n) is 14.2. The molecule has 7 nitrogen and oxygen atoms in total. The van der Waals surface area contributed by atoms with Crippen LogP contribution in [0.4, 0.5) is 5.69 Å². The Labute approximate surface area is 150 Å². The van der Waals surface area contributed by atoms with Crippen molar-refractivity contribution in [2.45, 2.75) is 11.8 Å². The Morgan fingerprint density at radius 3 is 2.38 bits per heavy atom. The molecule has 3 rings (SSSR count). The highest BCUT2D eigenvalue weighted by atomic mass is 32.2. The van der Waals surface area contributed by atoms with Crippen LogP contribution >= 0.6 is 0 Å². The van der Waals surface area contributed by atoms with Crippen LogP contribution in [-0.4, -0.2) is 25.7 Å². The Hall–Kier alpha value is -3.13. The van der Waals surface area contributed by atoms with Gasteiger partial charge in [0, 0.05) is 17.3 Å². The lowest BCUT2D eigenvalue weighted by molar-refractivity contribution is 0.403. The molecule has 0 unspecified atom stereocenters. The monoisotopic (exact) mass is 371 g/mol. The molecule has 134 valence electrons. The molecule has 8 heteroatoms. The van der Waals surface area contributed by atoms with E-state index >= 15 is 0 Å². The first-order valence-electron chi connectivity index (χ1n) is 7.73. The quantitative estimate of drug-likeness (QED) is 0.718. The van der Waals surface area contributed by atoms with Gasteiger partial charge in [0.1, 0.15) is 10.6 Å². The third kappa shape index (κ3) is 3.75. The highest BCUT2D eigenvalue weighted by Crippen LogP contribution is 2.30. The fourth-order valence-electron chi connectivity index (χ4n) is 2.38. The van der Waals surface area contributed by atoms with Gasteiger partial charge in [-0.15, -0.1) is 0 Å². The molecule has 26 heavy (non-hydrogen) atoms. The lowest BCUT2D eigenvalue weighted by Crippen LogP contribution is -2.14. The van der Waals surface area contributed by atoms with Gasteiger partial charge in [-0.1, -0.05) is 17.7 Å². The van der Waals surface area contributed by atoms with Gasteiger partial charge in [0.15, 0.2) is 0 Å². The molecule has 0 atom stereocenters. The van der Waals surface area contributed by atoms with Crippen LogP contribution in [0.3, 0.4) is 0 Å². The number of aromatic amines is 1. The second-order valence-corrected chi connectivity index (χ2v) is 7.29. The van der Waals surface area contributed by atoms with Crippen molar-refractivity contribution in [2.75, 3.05) is 11.8 Å². The molecular formula is C18H17N3O4S. The molecule has 2 N–H and O–H groups in total. The van der Waals surface area contributed by atoms with Crippen LogP contribution in [0.25, 0.3) is 11.3 Å². The van der Waals surface area contributed by atoms with Gasteiger partial charge in [0.05, 0.1) is 12.8 Å². The molecule has 1 heterocycles. The minimum Gasteiger partial charge on any atom is -0.495 e. The minimum absolute atomic E-state index is 0.0222. The molecule has 0 saturated heterocycles. The number of benzene rings is 2. The Morgan fingerprint density at radius 1 is 1.04 bits per heavy atom. The molecule has 0 bridgehead atoms. The molecular weight excluding hydrogens is 354 g/mol. The number of nitrogens with one attached hydrogen (secondary N) is 2. The van der Waals surface area contributed by atoms with Crippen molar-refractivity contribution in [2.24, 2.45) is 0 Å². The topological polar surface area (TPSA) is 101 Å². The molecule has 0 aliphatic carbocycles. The average Bonchev–Trinajstić information content (AvgIpc) is 2.63. The van der Waals surface area contributed by atoms with Crippen molar-refractivity contribution >= 4 is 15.7 Å². The number of aryl methyl sites for hydroxylation is 1. The standard InChI is InChI=1S/C18H17N3O4S/c1-12-3-6-14(7-4-12)21-26(23,24)17-11-13(5-9-16(17)25-2)15-8-10-18(22)20-19-15/h3-11,21H,1-2H3,(H,20,22). The maximum absolute atomic E-state index is 12.8. The van der Waals surface area contributed by atoms with E-state index in [2.05, 4.69) is 14.9 Å². The van der Waals surface area contributed by atoms with Crippen LogP contribution in [0.15, 0.2) is 64.3 Å². The molecule has 0 saturated carbocycles. The molecule has 2 aromatic carbocycles. The lowest BCUT2D eigenvalue weighted by Gasteiger charge is -2.13. The molecule has 0 radical (unpaired) electrons. The van der Waals surface area contributed by atoms with Gasteiger partial charge >= 0.3 is 0 Å². The summed E-state index contributed by atoms with van der Waals surface area (Å²) in [7, 11) is -2.48. The molecule has 1 aromatic heterocycles. The summed E-state index contributed by atoms with van der Waals surface area (Å²) in [5, 5.41) is 6.26. The fraction of sp³-hybridized carbons (Fsp3) is 0.111. The van der Waals surface area contributed by atoms with E-state index in [0.717, 1.165) is 5.56 Å². The zero-order valence-corrected chi connectivity index (χ0v) is 15.0. The summed E-state index contributed by atoms with van der Waals surface area (Å²) in [6.07, 6.45) is 0. The van der Waals surface area contributed by atoms with Crippen LogP contribution in [0.2, 0.25) is 0 Å².